The highest BCUT2D eigenvalue weighted by Crippen LogP contribution is 2.33. The summed E-state index contributed by atoms with van der Waals surface area (Å²) in [5.41, 5.74) is 6.60. The van der Waals surface area contributed by atoms with Crippen molar-refractivity contribution >= 4 is 5.91 Å². The zero-order chi connectivity index (χ0) is 11.5. The van der Waals surface area contributed by atoms with Gasteiger partial charge in [0.15, 0.2) is 5.69 Å². The van der Waals surface area contributed by atoms with Crippen molar-refractivity contribution in [1.29, 1.82) is 0 Å². The average Bonchev–Trinajstić information content (AvgIpc) is 2.96. The Morgan fingerprint density at radius 2 is 2.31 bits per heavy atom. The Morgan fingerprint density at radius 1 is 1.56 bits per heavy atom. The number of hydrogen-bond donors (Lipinski definition) is 1. The molecule has 0 bridgehead atoms. The van der Waals surface area contributed by atoms with E-state index in [1.54, 1.807) is 0 Å². The highest BCUT2D eigenvalue weighted by atomic mass is 16.1. The molecule has 1 amide bonds. The van der Waals surface area contributed by atoms with Crippen LogP contribution < -0.4 is 5.73 Å². The predicted molar refractivity (Wildman–Crippen MR) is 59.9 cm³/mol. The number of carbonyl (C=O) groups excluding carboxylic acids is 1. The molecule has 0 aliphatic heterocycles. The maximum atomic E-state index is 11.2. The highest BCUT2D eigenvalue weighted by Gasteiger charge is 2.27. The lowest BCUT2D eigenvalue weighted by Gasteiger charge is -2.05. The molecule has 1 aromatic heterocycles. The topological polar surface area (TPSA) is 73.8 Å². The SMILES string of the molecule is CCCCn1nnc(C(N)=O)c1CC1CC1. The van der Waals surface area contributed by atoms with E-state index >= 15 is 0 Å². The van der Waals surface area contributed by atoms with Crippen LogP contribution in [0.4, 0.5) is 0 Å². The number of carbonyl (C=O) groups is 1. The first-order valence-corrected chi connectivity index (χ1v) is 5.94. The average molecular weight is 222 g/mol. The summed E-state index contributed by atoms with van der Waals surface area (Å²) in [7, 11) is 0. The zero-order valence-corrected chi connectivity index (χ0v) is 9.65. The molecule has 1 aliphatic carbocycles. The van der Waals surface area contributed by atoms with Crippen LogP contribution in [-0.2, 0) is 13.0 Å². The van der Waals surface area contributed by atoms with Gasteiger partial charge in [-0.05, 0) is 31.6 Å². The van der Waals surface area contributed by atoms with Crippen LogP contribution in [0.1, 0.15) is 48.8 Å². The molecule has 0 unspecified atom stereocenters. The van der Waals surface area contributed by atoms with Crippen LogP contribution in [-0.4, -0.2) is 20.9 Å². The molecule has 0 radical (unpaired) electrons. The van der Waals surface area contributed by atoms with Gasteiger partial charge < -0.3 is 5.73 Å². The largest absolute Gasteiger partial charge is 0.364 e. The minimum absolute atomic E-state index is 0.364. The summed E-state index contributed by atoms with van der Waals surface area (Å²) < 4.78 is 1.85. The van der Waals surface area contributed by atoms with E-state index in [1.807, 2.05) is 4.68 Å². The summed E-state index contributed by atoms with van der Waals surface area (Å²) in [4.78, 5) is 11.2. The fourth-order valence-electron chi connectivity index (χ4n) is 1.81. The van der Waals surface area contributed by atoms with Gasteiger partial charge in [-0.3, -0.25) is 4.79 Å². The van der Waals surface area contributed by atoms with Crippen molar-refractivity contribution in [2.24, 2.45) is 11.7 Å². The van der Waals surface area contributed by atoms with Gasteiger partial charge in [0.2, 0.25) is 0 Å². The first-order valence-electron chi connectivity index (χ1n) is 5.94. The van der Waals surface area contributed by atoms with E-state index in [1.165, 1.54) is 12.8 Å². The standard InChI is InChI=1S/C11H18N4O/c1-2-3-6-15-9(7-8-4-5-8)10(11(12)16)13-14-15/h8H,2-7H2,1H3,(H2,12,16). The molecule has 2 rings (SSSR count). The summed E-state index contributed by atoms with van der Waals surface area (Å²) >= 11 is 0. The Hall–Kier alpha value is -1.39. The van der Waals surface area contributed by atoms with Gasteiger partial charge in [0.1, 0.15) is 0 Å². The van der Waals surface area contributed by atoms with Crippen LogP contribution in [0.3, 0.4) is 0 Å². The quantitative estimate of drug-likeness (QED) is 0.784. The van der Waals surface area contributed by atoms with E-state index in [-0.39, 0.29) is 0 Å². The van der Waals surface area contributed by atoms with E-state index in [0.717, 1.165) is 31.5 Å². The van der Waals surface area contributed by atoms with E-state index < -0.39 is 5.91 Å². The van der Waals surface area contributed by atoms with Crippen LogP contribution >= 0.6 is 0 Å². The summed E-state index contributed by atoms with van der Waals surface area (Å²) in [6.45, 7) is 2.96. The van der Waals surface area contributed by atoms with Gasteiger partial charge in [-0.25, -0.2) is 4.68 Å². The molecule has 2 N–H and O–H groups in total. The van der Waals surface area contributed by atoms with Crippen molar-refractivity contribution in [3.8, 4) is 0 Å². The van der Waals surface area contributed by atoms with Gasteiger partial charge in [-0.15, -0.1) is 5.10 Å². The van der Waals surface area contributed by atoms with E-state index in [0.29, 0.717) is 11.6 Å². The molecule has 88 valence electrons. The van der Waals surface area contributed by atoms with E-state index in [9.17, 15) is 4.79 Å². The molecule has 1 saturated carbocycles. The van der Waals surface area contributed by atoms with E-state index in [4.69, 9.17) is 5.73 Å². The number of aromatic nitrogens is 3. The van der Waals surface area contributed by atoms with Crippen molar-refractivity contribution in [3.05, 3.63) is 11.4 Å². The van der Waals surface area contributed by atoms with Gasteiger partial charge in [0.25, 0.3) is 5.91 Å². The predicted octanol–water partition coefficient (Wildman–Crippen LogP) is 1.13. The molecular weight excluding hydrogens is 204 g/mol. The third-order valence-corrected chi connectivity index (χ3v) is 2.97. The second-order valence-corrected chi connectivity index (χ2v) is 4.47. The third kappa shape index (κ3) is 2.40. The van der Waals surface area contributed by atoms with Crippen molar-refractivity contribution < 1.29 is 4.79 Å². The first kappa shape index (κ1) is 11.1. The molecule has 0 atom stereocenters. The molecule has 0 saturated heterocycles. The normalized spacial score (nSPS) is 15.3. The maximum absolute atomic E-state index is 11.2. The van der Waals surface area contributed by atoms with Crippen LogP contribution in [0.15, 0.2) is 0 Å². The van der Waals surface area contributed by atoms with Gasteiger partial charge in [-0.2, -0.15) is 0 Å². The number of nitrogens with two attached hydrogens (primary N) is 1. The molecule has 0 spiro atoms. The van der Waals surface area contributed by atoms with Crippen molar-refractivity contribution in [2.75, 3.05) is 0 Å². The zero-order valence-electron chi connectivity index (χ0n) is 9.65. The van der Waals surface area contributed by atoms with Crippen molar-refractivity contribution in [1.82, 2.24) is 15.0 Å². The fourth-order valence-corrected chi connectivity index (χ4v) is 1.81. The second kappa shape index (κ2) is 4.63. The smallest absolute Gasteiger partial charge is 0.271 e. The van der Waals surface area contributed by atoms with Gasteiger partial charge in [-0.1, -0.05) is 18.6 Å². The van der Waals surface area contributed by atoms with Crippen molar-refractivity contribution in [3.63, 3.8) is 0 Å². The lowest BCUT2D eigenvalue weighted by molar-refractivity contribution is 0.0994. The van der Waals surface area contributed by atoms with E-state index in [2.05, 4.69) is 17.2 Å². The highest BCUT2D eigenvalue weighted by molar-refractivity contribution is 5.91. The molecular formula is C11H18N4O. The van der Waals surface area contributed by atoms with Gasteiger partial charge >= 0.3 is 0 Å². The summed E-state index contributed by atoms with van der Waals surface area (Å²) in [6.07, 6.45) is 5.55. The molecule has 5 nitrogen and oxygen atoms in total. The molecule has 1 aliphatic rings. The Kier molecular flexibility index (Phi) is 3.22. The minimum atomic E-state index is -0.460. The van der Waals surface area contributed by atoms with Crippen LogP contribution in [0.2, 0.25) is 0 Å². The lowest BCUT2D eigenvalue weighted by atomic mass is 10.1. The Morgan fingerprint density at radius 3 is 2.88 bits per heavy atom. The Balaban J connectivity index is 2.17. The Bertz CT molecular complexity index is 381. The molecule has 1 fully saturated rings. The number of hydrogen-bond acceptors (Lipinski definition) is 3. The number of unbranched alkanes of at least 4 members (excludes halogenated alkanes) is 1. The monoisotopic (exact) mass is 222 g/mol. The van der Waals surface area contributed by atoms with Gasteiger partial charge in [0, 0.05) is 6.54 Å². The number of rotatable bonds is 6. The molecule has 5 heteroatoms. The van der Waals surface area contributed by atoms with Gasteiger partial charge in [0.05, 0.1) is 5.69 Å². The number of primary amides is 1. The Labute approximate surface area is 95.0 Å². The summed E-state index contributed by atoms with van der Waals surface area (Å²) in [5.74, 6) is 0.246. The molecule has 0 aromatic carbocycles. The number of amides is 1. The third-order valence-electron chi connectivity index (χ3n) is 2.97. The first-order chi connectivity index (χ1) is 7.72. The second-order valence-electron chi connectivity index (χ2n) is 4.47. The molecule has 1 heterocycles. The minimum Gasteiger partial charge on any atom is -0.364 e. The van der Waals surface area contributed by atoms with Crippen LogP contribution in [0.5, 0.6) is 0 Å². The number of nitrogens with zero attached hydrogens (tertiary/aromatic N) is 3. The number of aryl methyl sites for hydroxylation is 1. The lowest BCUT2D eigenvalue weighted by Crippen LogP contribution is -2.16. The summed E-state index contributed by atoms with van der Waals surface area (Å²) in [5, 5.41) is 7.91. The fraction of sp³-hybridized carbons (Fsp3) is 0.727. The van der Waals surface area contributed by atoms with Crippen LogP contribution in [0.25, 0.3) is 0 Å². The molecule has 1 aromatic rings. The van der Waals surface area contributed by atoms with Crippen molar-refractivity contribution in [2.45, 2.75) is 45.6 Å². The summed E-state index contributed by atoms with van der Waals surface area (Å²) in [6, 6.07) is 0. The molecule has 16 heavy (non-hydrogen) atoms. The maximum Gasteiger partial charge on any atom is 0.271 e. The van der Waals surface area contributed by atoms with Crippen LogP contribution in [0, 0.1) is 5.92 Å².